The minimum atomic E-state index is 0.402. The number of hydrogen-bond acceptors (Lipinski definition) is 4. The van der Waals surface area contributed by atoms with Crippen LogP contribution in [0.25, 0.3) is 0 Å². The first kappa shape index (κ1) is 15.0. The number of aromatic nitrogens is 2. The smallest absolute Gasteiger partial charge is 0.223 e. The summed E-state index contributed by atoms with van der Waals surface area (Å²) in [6.45, 7) is 5.82. The second-order valence-electron chi connectivity index (χ2n) is 4.74. The maximum absolute atomic E-state index is 4.95. The van der Waals surface area contributed by atoms with Gasteiger partial charge in [-0.25, -0.2) is 4.99 Å². The fourth-order valence-electron chi connectivity index (χ4n) is 1.95. The van der Waals surface area contributed by atoms with Gasteiger partial charge in [0.25, 0.3) is 0 Å². The zero-order chi connectivity index (χ0) is 15.1. The molecule has 0 saturated carbocycles. The fourth-order valence-corrected chi connectivity index (χ4v) is 1.95. The quantitative estimate of drug-likeness (QED) is 0.673. The average molecular weight is 287 g/mol. The minimum Gasteiger partial charge on any atom is -0.357 e. The number of hydrogen-bond donors (Lipinski definition) is 1. The number of rotatable bonds is 5. The normalized spacial score (nSPS) is 11.5. The third kappa shape index (κ3) is 4.59. The molecule has 2 rings (SSSR count). The van der Waals surface area contributed by atoms with Gasteiger partial charge in [0.2, 0.25) is 5.89 Å². The molecule has 0 atom stereocenters. The fraction of sp³-hybridized carbons (Fsp3) is 0.400. The molecule has 0 radical (unpaired) electrons. The molecular formula is C15H21N5O. The Labute approximate surface area is 124 Å². The summed E-state index contributed by atoms with van der Waals surface area (Å²) in [5.74, 6) is 1.97. The van der Waals surface area contributed by atoms with Crippen molar-refractivity contribution in [2.24, 2.45) is 4.99 Å². The molecule has 112 valence electrons. The molecule has 1 N–H and O–H groups in total. The van der Waals surface area contributed by atoms with Crippen LogP contribution in [0.5, 0.6) is 0 Å². The zero-order valence-corrected chi connectivity index (χ0v) is 12.7. The molecule has 0 unspecified atom stereocenters. The highest BCUT2D eigenvalue weighted by Crippen LogP contribution is 2.04. The monoisotopic (exact) mass is 287 g/mol. The molecule has 6 nitrogen and oxygen atoms in total. The van der Waals surface area contributed by atoms with Crippen molar-refractivity contribution in [2.75, 3.05) is 13.6 Å². The van der Waals surface area contributed by atoms with Crippen molar-refractivity contribution in [1.29, 1.82) is 0 Å². The van der Waals surface area contributed by atoms with Gasteiger partial charge in [0.15, 0.2) is 11.8 Å². The summed E-state index contributed by atoms with van der Waals surface area (Å²) >= 11 is 0. The first-order valence-corrected chi connectivity index (χ1v) is 7.01. The molecule has 6 heteroatoms. The van der Waals surface area contributed by atoms with E-state index in [1.807, 2.05) is 32.2 Å². The Balaban J connectivity index is 2.02. The van der Waals surface area contributed by atoms with Crippen LogP contribution in [-0.4, -0.2) is 34.6 Å². The van der Waals surface area contributed by atoms with E-state index in [1.165, 1.54) is 5.56 Å². The van der Waals surface area contributed by atoms with Crippen LogP contribution in [0.4, 0.5) is 0 Å². The lowest BCUT2D eigenvalue weighted by Crippen LogP contribution is -2.38. The van der Waals surface area contributed by atoms with E-state index in [2.05, 4.69) is 37.5 Å². The molecule has 0 aliphatic rings. The van der Waals surface area contributed by atoms with Crippen LogP contribution in [0.2, 0.25) is 0 Å². The Morgan fingerprint density at radius 3 is 2.71 bits per heavy atom. The molecular weight excluding hydrogens is 266 g/mol. The predicted octanol–water partition coefficient (Wildman–Crippen LogP) is 1.98. The molecule has 0 aliphatic carbocycles. The number of benzene rings is 1. The minimum absolute atomic E-state index is 0.402. The lowest BCUT2D eigenvalue weighted by atomic mass is 10.2. The van der Waals surface area contributed by atoms with Crippen LogP contribution in [-0.2, 0) is 13.1 Å². The summed E-state index contributed by atoms with van der Waals surface area (Å²) in [7, 11) is 2.01. The topological polar surface area (TPSA) is 66.5 Å². The number of aliphatic imine (C=N–C) groups is 1. The molecule has 1 aromatic heterocycles. The van der Waals surface area contributed by atoms with Crippen molar-refractivity contribution < 1.29 is 4.52 Å². The van der Waals surface area contributed by atoms with Crippen molar-refractivity contribution in [2.45, 2.75) is 26.9 Å². The summed E-state index contributed by atoms with van der Waals surface area (Å²) in [5.41, 5.74) is 1.24. The van der Waals surface area contributed by atoms with E-state index in [1.54, 1.807) is 6.92 Å². The molecule has 21 heavy (non-hydrogen) atoms. The van der Waals surface area contributed by atoms with E-state index in [4.69, 9.17) is 4.52 Å². The number of aryl methyl sites for hydroxylation is 1. The standard InChI is InChI=1S/C15H21N5O/c1-4-16-15(17-10-14-18-12(2)21-19-14)20(3)11-13-8-6-5-7-9-13/h5-9H,4,10-11H2,1-3H3,(H,16,17). The van der Waals surface area contributed by atoms with Crippen molar-refractivity contribution >= 4 is 5.96 Å². The Kier molecular flexibility index (Phi) is 5.31. The molecule has 0 saturated heterocycles. The van der Waals surface area contributed by atoms with Gasteiger partial charge in [-0.2, -0.15) is 4.98 Å². The summed E-state index contributed by atoms with van der Waals surface area (Å²) in [6.07, 6.45) is 0. The first-order chi connectivity index (χ1) is 10.2. The zero-order valence-electron chi connectivity index (χ0n) is 12.7. The van der Waals surface area contributed by atoms with Gasteiger partial charge in [-0.15, -0.1) is 0 Å². The predicted molar refractivity (Wildman–Crippen MR) is 81.8 cm³/mol. The molecule has 1 aromatic carbocycles. The highest BCUT2D eigenvalue weighted by Gasteiger charge is 2.07. The van der Waals surface area contributed by atoms with Gasteiger partial charge in [0.1, 0.15) is 6.54 Å². The molecule has 1 heterocycles. The van der Waals surface area contributed by atoms with E-state index in [-0.39, 0.29) is 0 Å². The summed E-state index contributed by atoms with van der Waals surface area (Å²) in [5, 5.41) is 7.12. The maximum atomic E-state index is 4.95. The van der Waals surface area contributed by atoms with Gasteiger partial charge < -0.3 is 14.7 Å². The van der Waals surface area contributed by atoms with Gasteiger partial charge in [-0.3, -0.25) is 0 Å². The highest BCUT2D eigenvalue weighted by molar-refractivity contribution is 5.79. The van der Waals surface area contributed by atoms with Crippen molar-refractivity contribution in [3.8, 4) is 0 Å². The summed E-state index contributed by atoms with van der Waals surface area (Å²) in [6, 6.07) is 10.3. The van der Waals surface area contributed by atoms with Crippen LogP contribution < -0.4 is 5.32 Å². The van der Waals surface area contributed by atoms with Crippen molar-refractivity contribution in [3.63, 3.8) is 0 Å². The lowest BCUT2D eigenvalue weighted by molar-refractivity contribution is 0.387. The SMILES string of the molecule is CCNC(=NCc1noc(C)n1)N(C)Cc1ccccc1. The van der Waals surface area contributed by atoms with Crippen LogP contribution in [0.3, 0.4) is 0 Å². The number of nitrogens with zero attached hydrogens (tertiary/aromatic N) is 4. The summed E-state index contributed by atoms with van der Waals surface area (Å²) in [4.78, 5) is 10.8. The Bertz CT molecular complexity index is 579. The van der Waals surface area contributed by atoms with Gasteiger partial charge in [-0.1, -0.05) is 35.5 Å². The van der Waals surface area contributed by atoms with Crippen LogP contribution >= 0.6 is 0 Å². The second kappa shape index (κ2) is 7.42. The molecule has 0 aliphatic heterocycles. The van der Waals surface area contributed by atoms with Gasteiger partial charge >= 0.3 is 0 Å². The van der Waals surface area contributed by atoms with Crippen molar-refractivity contribution in [1.82, 2.24) is 20.4 Å². The largest absolute Gasteiger partial charge is 0.357 e. The molecule has 2 aromatic rings. The van der Waals surface area contributed by atoms with Crippen LogP contribution in [0.1, 0.15) is 24.2 Å². The van der Waals surface area contributed by atoms with Gasteiger partial charge in [0, 0.05) is 27.1 Å². The number of guanidine groups is 1. The third-order valence-electron chi connectivity index (χ3n) is 2.90. The Hall–Kier alpha value is -2.37. The Morgan fingerprint density at radius 2 is 2.10 bits per heavy atom. The highest BCUT2D eigenvalue weighted by atomic mass is 16.5. The molecule has 0 bridgehead atoms. The van der Waals surface area contributed by atoms with Gasteiger partial charge in [-0.05, 0) is 12.5 Å². The van der Waals surface area contributed by atoms with E-state index in [9.17, 15) is 0 Å². The first-order valence-electron chi connectivity index (χ1n) is 7.01. The third-order valence-corrected chi connectivity index (χ3v) is 2.90. The maximum Gasteiger partial charge on any atom is 0.223 e. The second-order valence-corrected chi connectivity index (χ2v) is 4.74. The van der Waals surface area contributed by atoms with Crippen molar-refractivity contribution in [3.05, 3.63) is 47.6 Å². The Morgan fingerprint density at radius 1 is 1.33 bits per heavy atom. The summed E-state index contributed by atoms with van der Waals surface area (Å²) < 4.78 is 4.95. The van der Waals surface area contributed by atoms with E-state index in [0.717, 1.165) is 19.0 Å². The molecule has 0 fully saturated rings. The van der Waals surface area contributed by atoms with E-state index >= 15 is 0 Å². The van der Waals surface area contributed by atoms with Crippen LogP contribution in [0.15, 0.2) is 39.8 Å². The van der Waals surface area contributed by atoms with Gasteiger partial charge in [0.05, 0.1) is 0 Å². The average Bonchev–Trinajstić information content (AvgIpc) is 2.90. The number of nitrogens with one attached hydrogen (secondary N) is 1. The van der Waals surface area contributed by atoms with E-state index in [0.29, 0.717) is 18.3 Å². The molecule has 0 amide bonds. The van der Waals surface area contributed by atoms with E-state index < -0.39 is 0 Å². The van der Waals surface area contributed by atoms with Crippen LogP contribution in [0, 0.1) is 6.92 Å². The lowest BCUT2D eigenvalue weighted by Gasteiger charge is -2.22. The molecule has 0 spiro atoms.